The number of aromatic nitrogens is 4. The maximum atomic E-state index is 13.6. The van der Waals surface area contributed by atoms with E-state index < -0.39 is 39.0 Å². The number of hydrogen-bond acceptors (Lipinski definition) is 8. The van der Waals surface area contributed by atoms with Gasteiger partial charge < -0.3 is 10.1 Å². The number of hydrogen-bond donors (Lipinski definition) is 1. The average molecular weight is 660 g/mol. The van der Waals surface area contributed by atoms with Gasteiger partial charge in [-0.15, -0.1) is 5.10 Å². The number of alkyl halides is 3. The number of carbonyl (C=O) groups excluding carboxylic acids is 1. The Hall–Kier alpha value is -3.20. The molecule has 1 aromatic heterocycles. The molecule has 3 aromatic rings. The summed E-state index contributed by atoms with van der Waals surface area (Å²) in [5.74, 6) is 0.0208. The van der Waals surface area contributed by atoms with Crippen molar-refractivity contribution >= 4 is 43.5 Å². The third-order valence-corrected chi connectivity index (χ3v) is 8.90. The molecule has 0 aliphatic carbocycles. The predicted molar refractivity (Wildman–Crippen MR) is 150 cm³/mol. The highest BCUT2D eigenvalue weighted by Crippen LogP contribution is 2.43. The van der Waals surface area contributed by atoms with Gasteiger partial charge in [-0.3, -0.25) is 4.90 Å². The minimum absolute atomic E-state index is 0.0208. The molecule has 1 amide bonds. The van der Waals surface area contributed by atoms with E-state index in [4.69, 9.17) is 4.74 Å². The number of fused-ring (bicyclic) bond motifs is 1. The maximum absolute atomic E-state index is 13.6. The van der Waals surface area contributed by atoms with Crippen molar-refractivity contribution in [2.75, 3.05) is 23.1 Å². The quantitative estimate of drug-likeness (QED) is 0.324. The SMILES string of the molecule is CCOC(=O)N1c2ccc(C(F)(F)F)cc2[C@@H](Nc2nnn(CC(Cc3cccc(Br)c3)S(C)(=O)=O)n2)C[C@H]1CC. The summed E-state index contributed by atoms with van der Waals surface area (Å²) < 4.78 is 72.0. The van der Waals surface area contributed by atoms with E-state index in [9.17, 15) is 26.4 Å². The number of halogens is 4. The Kier molecular flexibility index (Phi) is 9.26. The Morgan fingerprint density at radius 3 is 2.61 bits per heavy atom. The lowest BCUT2D eigenvalue weighted by Crippen LogP contribution is -2.46. The first-order valence-corrected chi connectivity index (χ1v) is 15.7. The fourth-order valence-electron chi connectivity index (χ4n) is 4.85. The van der Waals surface area contributed by atoms with E-state index in [1.807, 2.05) is 31.2 Å². The molecule has 2 aromatic carbocycles. The first-order valence-electron chi connectivity index (χ1n) is 12.9. The molecule has 1 N–H and O–H groups in total. The van der Waals surface area contributed by atoms with Crippen LogP contribution in [0, 0.1) is 0 Å². The summed E-state index contributed by atoms with van der Waals surface area (Å²) in [5.41, 5.74) is 0.481. The smallest absolute Gasteiger partial charge is 0.416 e. The lowest BCUT2D eigenvalue weighted by Gasteiger charge is -2.40. The van der Waals surface area contributed by atoms with Crippen molar-refractivity contribution < 1.29 is 31.1 Å². The predicted octanol–water partition coefficient (Wildman–Crippen LogP) is 5.41. The molecule has 41 heavy (non-hydrogen) atoms. The van der Waals surface area contributed by atoms with Crippen molar-refractivity contribution in [3.05, 3.63) is 63.6 Å². The summed E-state index contributed by atoms with van der Waals surface area (Å²) in [6, 6.07) is 9.47. The fourth-order valence-corrected chi connectivity index (χ4v) is 6.20. The molecule has 0 fully saturated rings. The van der Waals surface area contributed by atoms with Crippen LogP contribution in [0.25, 0.3) is 0 Å². The van der Waals surface area contributed by atoms with Gasteiger partial charge >= 0.3 is 12.3 Å². The Morgan fingerprint density at radius 1 is 1.22 bits per heavy atom. The summed E-state index contributed by atoms with van der Waals surface area (Å²) in [6.45, 7) is 3.57. The zero-order valence-electron chi connectivity index (χ0n) is 22.6. The second kappa shape index (κ2) is 12.3. The molecule has 3 atom stereocenters. The van der Waals surface area contributed by atoms with E-state index in [2.05, 4.69) is 36.7 Å². The van der Waals surface area contributed by atoms with Crippen molar-refractivity contribution in [3.8, 4) is 0 Å². The summed E-state index contributed by atoms with van der Waals surface area (Å²) in [7, 11) is -3.50. The third kappa shape index (κ3) is 7.36. The van der Waals surface area contributed by atoms with Gasteiger partial charge in [-0.25, -0.2) is 13.2 Å². The van der Waals surface area contributed by atoms with E-state index in [0.29, 0.717) is 12.1 Å². The number of anilines is 2. The van der Waals surface area contributed by atoms with E-state index in [-0.39, 0.29) is 43.5 Å². The summed E-state index contributed by atoms with van der Waals surface area (Å²) in [6.07, 6.45) is -3.09. The van der Waals surface area contributed by atoms with Gasteiger partial charge in [0, 0.05) is 16.8 Å². The molecule has 0 spiro atoms. The van der Waals surface area contributed by atoms with Crippen LogP contribution in [0.1, 0.15) is 49.4 Å². The number of nitrogens with one attached hydrogen (secondary N) is 1. The average Bonchev–Trinajstić information content (AvgIpc) is 3.33. The number of sulfone groups is 1. The first-order chi connectivity index (χ1) is 19.3. The largest absolute Gasteiger partial charge is 0.449 e. The number of tetrazole rings is 1. The van der Waals surface area contributed by atoms with Crippen LogP contribution < -0.4 is 10.2 Å². The third-order valence-electron chi connectivity index (χ3n) is 6.88. The number of ether oxygens (including phenoxy) is 1. The highest BCUT2D eigenvalue weighted by molar-refractivity contribution is 9.10. The highest BCUT2D eigenvalue weighted by atomic mass is 79.9. The summed E-state index contributed by atoms with van der Waals surface area (Å²) in [4.78, 5) is 15.3. The molecule has 10 nitrogen and oxygen atoms in total. The second-order valence-electron chi connectivity index (χ2n) is 9.79. The maximum Gasteiger partial charge on any atom is 0.416 e. The molecule has 1 unspecified atom stereocenters. The van der Waals surface area contributed by atoms with Crippen LogP contribution in [0.2, 0.25) is 0 Å². The van der Waals surface area contributed by atoms with Crippen LogP contribution in [0.15, 0.2) is 46.9 Å². The summed E-state index contributed by atoms with van der Waals surface area (Å²) in [5, 5.41) is 14.5. The molecule has 0 saturated carbocycles. The molecule has 4 rings (SSSR count). The Bertz CT molecular complexity index is 1500. The van der Waals surface area contributed by atoms with Crippen LogP contribution in [0.3, 0.4) is 0 Å². The standard InChI is InChI=1S/C26H30BrF3N6O4S/c1-4-19-14-22(21-13-17(26(28,29)30)9-10-23(21)36(19)25(37)40-5-2)31-24-32-34-35(33-24)15-20(41(3,38)39)12-16-7-6-8-18(27)11-16/h6-11,13,19-20,22H,4-5,12,14-15H2,1-3H3,(H,31,33)/t19-,20?,22+/m1/s1. The van der Waals surface area contributed by atoms with Crippen molar-refractivity contribution in [3.63, 3.8) is 0 Å². The van der Waals surface area contributed by atoms with Crippen LogP contribution >= 0.6 is 15.9 Å². The van der Waals surface area contributed by atoms with E-state index in [1.165, 1.54) is 11.0 Å². The van der Waals surface area contributed by atoms with Gasteiger partial charge in [0.2, 0.25) is 0 Å². The first kappa shape index (κ1) is 30.8. The molecule has 2 heterocycles. The van der Waals surface area contributed by atoms with E-state index in [1.54, 1.807) is 6.92 Å². The van der Waals surface area contributed by atoms with Crippen LogP contribution in [0.4, 0.5) is 29.6 Å². The minimum Gasteiger partial charge on any atom is -0.449 e. The van der Waals surface area contributed by atoms with Crippen LogP contribution in [-0.4, -0.2) is 58.9 Å². The van der Waals surface area contributed by atoms with Gasteiger partial charge in [-0.05, 0) is 72.9 Å². The summed E-state index contributed by atoms with van der Waals surface area (Å²) >= 11 is 3.39. The van der Waals surface area contributed by atoms with Crippen molar-refractivity contribution in [1.29, 1.82) is 0 Å². The zero-order chi connectivity index (χ0) is 29.9. The van der Waals surface area contributed by atoms with E-state index in [0.717, 1.165) is 33.2 Å². The lowest BCUT2D eigenvalue weighted by molar-refractivity contribution is -0.137. The number of carbonyl (C=O) groups is 1. The van der Waals surface area contributed by atoms with Gasteiger partial charge in [0.15, 0.2) is 9.84 Å². The number of benzene rings is 2. The number of amides is 1. The molecule has 1 aliphatic rings. The van der Waals surface area contributed by atoms with Crippen molar-refractivity contribution in [1.82, 2.24) is 20.2 Å². The highest BCUT2D eigenvalue weighted by Gasteiger charge is 2.39. The monoisotopic (exact) mass is 658 g/mol. The van der Waals surface area contributed by atoms with E-state index >= 15 is 0 Å². The minimum atomic E-state index is -4.59. The molecule has 15 heteroatoms. The van der Waals surface area contributed by atoms with Gasteiger partial charge in [-0.2, -0.15) is 18.0 Å². The second-order valence-corrected chi connectivity index (χ2v) is 13.0. The molecule has 0 bridgehead atoms. The Morgan fingerprint density at radius 2 is 1.98 bits per heavy atom. The topological polar surface area (TPSA) is 119 Å². The van der Waals surface area contributed by atoms with Gasteiger partial charge in [0.05, 0.1) is 35.7 Å². The molecule has 0 saturated heterocycles. The van der Waals surface area contributed by atoms with Crippen LogP contribution in [0.5, 0.6) is 0 Å². The van der Waals surface area contributed by atoms with Gasteiger partial charge in [0.1, 0.15) is 0 Å². The van der Waals surface area contributed by atoms with Gasteiger partial charge in [-0.1, -0.05) is 40.1 Å². The molecular formula is C26H30BrF3N6O4S. The lowest BCUT2D eigenvalue weighted by atomic mass is 9.89. The molecule has 1 aliphatic heterocycles. The number of nitrogens with zero attached hydrogens (tertiary/aromatic N) is 5. The normalized spacial score (nSPS) is 18.1. The van der Waals surface area contributed by atoms with Crippen molar-refractivity contribution in [2.24, 2.45) is 0 Å². The molecule has 0 radical (unpaired) electrons. The molecule has 222 valence electrons. The van der Waals surface area contributed by atoms with Crippen LogP contribution in [-0.2, 0) is 33.7 Å². The fraction of sp³-hybridized carbons (Fsp3) is 0.462. The number of rotatable bonds is 9. The van der Waals surface area contributed by atoms with Crippen molar-refractivity contribution in [2.45, 2.75) is 63.2 Å². The zero-order valence-corrected chi connectivity index (χ0v) is 25.0. The van der Waals surface area contributed by atoms with Gasteiger partial charge in [0.25, 0.3) is 5.95 Å². The Balaban J connectivity index is 1.61. The Labute approximate surface area is 244 Å². The molecular weight excluding hydrogens is 629 g/mol.